The van der Waals surface area contributed by atoms with Crippen LogP contribution < -0.4 is 9.47 Å². The molecule has 1 aromatic heterocycles. The molecule has 204 valence electrons. The smallest absolute Gasteiger partial charge is 0.416 e. The zero-order valence-corrected chi connectivity index (χ0v) is 22.5. The molecular formula is C32H25F3O4S. The molecule has 0 fully saturated rings. The van der Waals surface area contributed by atoms with E-state index < -0.39 is 24.3 Å². The van der Waals surface area contributed by atoms with Crippen LogP contribution in [-0.4, -0.2) is 24.3 Å². The Labute approximate surface area is 234 Å². The molecule has 0 saturated carbocycles. The number of aryl methyl sites for hydroxylation is 2. The third-order valence-corrected chi connectivity index (χ3v) is 6.74. The summed E-state index contributed by atoms with van der Waals surface area (Å²) < 4.78 is 50.5. The average molecular weight is 563 g/mol. The van der Waals surface area contributed by atoms with Crippen molar-refractivity contribution in [1.82, 2.24) is 0 Å². The second-order valence-corrected chi connectivity index (χ2v) is 10.1. The number of carbonyl (C=O) groups is 1. The molecule has 8 heteroatoms. The van der Waals surface area contributed by atoms with Crippen LogP contribution in [-0.2, 0) is 11.0 Å². The third kappa shape index (κ3) is 7.78. The van der Waals surface area contributed by atoms with Gasteiger partial charge in [0.25, 0.3) is 0 Å². The van der Waals surface area contributed by atoms with Gasteiger partial charge in [-0.15, -0.1) is 11.3 Å². The molecule has 40 heavy (non-hydrogen) atoms. The predicted molar refractivity (Wildman–Crippen MR) is 150 cm³/mol. The van der Waals surface area contributed by atoms with Crippen LogP contribution >= 0.6 is 11.3 Å². The number of hydrogen-bond acceptors (Lipinski definition) is 4. The molecule has 4 nitrogen and oxygen atoms in total. The predicted octanol–water partition coefficient (Wildman–Crippen LogP) is 7.76. The molecule has 0 unspecified atom stereocenters. The molecule has 0 aliphatic heterocycles. The molecule has 0 bridgehead atoms. The summed E-state index contributed by atoms with van der Waals surface area (Å²) in [6.45, 7) is 3.50. The summed E-state index contributed by atoms with van der Waals surface area (Å²) in [7, 11) is 0. The van der Waals surface area contributed by atoms with Gasteiger partial charge in [-0.1, -0.05) is 36.1 Å². The Morgan fingerprint density at radius 2 is 1.57 bits per heavy atom. The topological polar surface area (TPSA) is 55.8 Å². The van der Waals surface area contributed by atoms with Crippen molar-refractivity contribution in [2.24, 2.45) is 0 Å². The first-order chi connectivity index (χ1) is 19.1. The Hall–Kier alpha value is -4.48. The molecular weight excluding hydrogens is 537 g/mol. The van der Waals surface area contributed by atoms with Gasteiger partial charge >= 0.3 is 12.1 Å². The van der Waals surface area contributed by atoms with E-state index in [2.05, 4.69) is 11.8 Å². The number of carboxylic acid groups (broad SMARTS) is 1. The second-order valence-electron chi connectivity index (χ2n) is 8.85. The van der Waals surface area contributed by atoms with Gasteiger partial charge in [-0.2, -0.15) is 13.2 Å². The zero-order chi connectivity index (χ0) is 28.7. The molecule has 1 heterocycles. The number of thiophene rings is 1. The summed E-state index contributed by atoms with van der Waals surface area (Å²) in [5.74, 6) is 6.20. The van der Waals surface area contributed by atoms with Crippen LogP contribution in [0.2, 0.25) is 0 Å². The molecule has 0 atom stereocenters. The monoisotopic (exact) mass is 562 g/mol. The van der Waals surface area contributed by atoms with Crippen LogP contribution in [0, 0.1) is 25.7 Å². The molecule has 0 saturated heterocycles. The molecule has 1 N–H and O–H groups in total. The van der Waals surface area contributed by atoms with E-state index in [9.17, 15) is 18.0 Å². The Bertz CT molecular complexity index is 1570. The van der Waals surface area contributed by atoms with Gasteiger partial charge < -0.3 is 14.6 Å². The molecule has 0 spiro atoms. The van der Waals surface area contributed by atoms with E-state index in [0.717, 1.165) is 28.1 Å². The van der Waals surface area contributed by atoms with Crippen LogP contribution in [0.5, 0.6) is 11.5 Å². The Morgan fingerprint density at radius 1 is 0.900 bits per heavy atom. The van der Waals surface area contributed by atoms with Gasteiger partial charge in [-0.3, -0.25) is 0 Å². The number of rotatable bonds is 8. The molecule has 0 amide bonds. The van der Waals surface area contributed by atoms with E-state index in [1.165, 1.54) is 17.0 Å². The summed E-state index contributed by atoms with van der Waals surface area (Å²) >= 11 is 1.62. The lowest BCUT2D eigenvalue weighted by Gasteiger charge is -2.13. The molecule has 4 rings (SSSR count). The fourth-order valence-corrected chi connectivity index (χ4v) is 4.57. The van der Waals surface area contributed by atoms with Crippen molar-refractivity contribution in [3.63, 3.8) is 0 Å². The van der Waals surface area contributed by atoms with Crippen molar-refractivity contribution in [2.75, 3.05) is 13.2 Å². The van der Waals surface area contributed by atoms with Gasteiger partial charge in [0, 0.05) is 10.4 Å². The highest BCUT2D eigenvalue weighted by atomic mass is 32.1. The minimum Gasteiger partial charge on any atom is -0.489 e. The zero-order valence-electron chi connectivity index (χ0n) is 21.7. The number of halogens is 3. The van der Waals surface area contributed by atoms with Gasteiger partial charge in [0.2, 0.25) is 0 Å². The van der Waals surface area contributed by atoms with Gasteiger partial charge in [0.15, 0.2) is 6.61 Å². The van der Waals surface area contributed by atoms with Crippen LogP contribution in [0.25, 0.3) is 5.57 Å². The maximum Gasteiger partial charge on any atom is 0.416 e. The fraction of sp³-hybridized carbons (Fsp3) is 0.156. The summed E-state index contributed by atoms with van der Waals surface area (Å²) in [6.07, 6.45) is -2.62. The van der Waals surface area contributed by atoms with Crippen LogP contribution in [0.3, 0.4) is 0 Å². The lowest BCUT2D eigenvalue weighted by atomic mass is 9.96. The van der Waals surface area contributed by atoms with E-state index in [0.29, 0.717) is 28.2 Å². The third-order valence-electron chi connectivity index (χ3n) is 5.82. The van der Waals surface area contributed by atoms with Gasteiger partial charge in [-0.25, -0.2) is 4.79 Å². The highest BCUT2D eigenvalue weighted by molar-refractivity contribution is 7.12. The highest BCUT2D eigenvalue weighted by Crippen LogP contribution is 2.32. The first-order valence-electron chi connectivity index (χ1n) is 12.2. The summed E-state index contributed by atoms with van der Waals surface area (Å²) in [5.41, 5.74) is 2.92. The first-order valence-corrected chi connectivity index (χ1v) is 13.0. The van der Waals surface area contributed by atoms with Crippen LogP contribution in [0.4, 0.5) is 13.2 Å². The van der Waals surface area contributed by atoms with E-state index in [-0.39, 0.29) is 6.61 Å². The van der Waals surface area contributed by atoms with E-state index in [1.54, 1.807) is 36.5 Å². The summed E-state index contributed by atoms with van der Waals surface area (Å²) in [6, 6.07) is 21.5. The number of carboxylic acids is 1. The van der Waals surface area contributed by atoms with Crippen molar-refractivity contribution >= 4 is 22.9 Å². The summed E-state index contributed by atoms with van der Waals surface area (Å²) in [5, 5.41) is 8.80. The molecule has 0 aliphatic carbocycles. The Balaban J connectivity index is 1.56. The van der Waals surface area contributed by atoms with E-state index in [1.807, 2.05) is 49.4 Å². The fourth-order valence-electron chi connectivity index (χ4n) is 3.84. The number of hydrogen-bond donors (Lipinski definition) is 1. The van der Waals surface area contributed by atoms with Gasteiger partial charge in [0.1, 0.15) is 18.1 Å². The van der Waals surface area contributed by atoms with E-state index in [4.69, 9.17) is 14.6 Å². The largest absolute Gasteiger partial charge is 0.489 e. The lowest BCUT2D eigenvalue weighted by Crippen LogP contribution is -2.10. The van der Waals surface area contributed by atoms with Gasteiger partial charge in [0.05, 0.1) is 10.4 Å². The molecule has 0 radical (unpaired) electrons. The molecule has 0 aliphatic rings. The molecule has 4 aromatic rings. The van der Waals surface area contributed by atoms with Crippen molar-refractivity contribution in [3.05, 3.63) is 123 Å². The maximum atomic E-state index is 13.1. The lowest BCUT2D eigenvalue weighted by molar-refractivity contribution is -0.139. The SMILES string of the molecule is Cc1ccc(C#Cc2ccc(/C(=C\COc3ccc(OCC(=O)O)c(C)c3)c3ccc(C(F)(F)F)cc3)cc2)s1. The normalized spacial score (nSPS) is 11.5. The van der Waals surface area contributed by atoms with E-state index >= 15 is 0 Å². The molecule has 3 aromatic carbocycles. The second kappa shape index (κ2) is 12.6. The number of alkyl halides is 3. The maximum absolute atomic E-state index is 13.1. The van der Waals surface area contributed by atoms with Crippen molar-refractivity contribution < 1.29 is 32.5 Å². The minimum absolute atomic E-state index is 0.143. The van der Waals surface area contributed by atoms with Crippen molar-refractivity contribution in [3.8, 4) is 23.3 Å². The van der Waals surface area contributed by atoms with Crippen LogP contribution in [0.15, 0.2) is 84.9 Å². The standard InChI is InChI=1S/C32H25F3O4S/c1-21-19-27(13-16-30(21)39-20-31(36)37)38-18-17-29(25-9-11-26(12-10-25)32(33,34)35)24-7-4-23(5-8-24)6-15-28-14-3-22(2)40-28/h3-5,7-14,16-17,19H,18,20H2,1-2H3,(H,36,37)/b29-17+. The Kier molecular flexibility index (Phi) is 8.97. The first kappa shape index (κ1) is 28.5. The van der Waals surface area contributed by atoms with Crippen molar-refractivity contribution in [1.29, 1.82) is 0 Å². The number of ether oxygens (including phenoxy) is 2. The Morgan fingerprint density at radius 3 is 2.15 bits per heavy atom. The quantitative estimate of drug-likeness (QED) is 0.223. The number of aliphatic carboxylic acids is 1. The van der Waals surface area contributed by atoms with Crippen LogP contribution in [0.1, 0.15) is 37.6 Å². The summed E-state index contributed by atoms with van der Waals surface area (Å²) in [4.78, 5) is 12.9. The van der Waals surface area contributed by atoms with Gasteiger partial charge in [-0.05, 0) is 96.8 Å². The highest BCUT2D eigenvalue weighted by Gasteiger charge is 2.30. The average Bonchev–Trinajstić information content (AvgIpc) is 3.34. The minimum atomic E-state index is -4.43. The number of benzene rings is 3. The van der Waals surface area contributed by atoms with Crippen molar-refractivity contribution in [2.45, 2.75) is 20.0 Å².